The van der Waals surface area contributed by atoms with Crippen molar-refractivity contribution in [2.45, 2.75) is 110 Å². The number of halogens is 6. The van der Waals surface area contributed by atoms with Gasteiger partial charge in [0.25, 0.3) is 0 Å². The number of hydrogen-bond donors (Lipinski definition) is 0. The predicted octanol–water partition coefficient (Wildman–Crippen LogP) is 8.30. The van der Waals surface area contributed by atoms with Gasteiger partial charge in [-0.25, -0.2) is 14.8 Å². The van der Waals surface area contributed by atoms with E-state index in [0.29, 0.717) is 37.7 Å². The van der Waals surface area contributed by atoms with Crippen molar-refractivity contribution in [3.8, 4) is 11.1 Å². The summed E-state index contributed by atoms with van der Waals surface area (Å²) in [4.78, 5) is 38.6. The molecule has 3 aromatic rings. The van der Waals surface area contributed by atoms with Crippen LogP contribution in [0.1, 0.15) is 83.4 Å². The SMILES string of the molecule is CC[C@H]1C[C@@H](N(Cc2cc(C(F)(F)F)cc(C(F)(F)F)c2)c2ncc(-c3cnn(C)c3)cn2)C[C@@H](C(C)C)N1C(=O)OC1CC(C(C)(C)C(=O)OC)C1. The van der Waals surface area contributed by atoms with Gasteiger partial charge in [-0.15, -0.1) is 0 Å². The number of likely N-dealkylation sites (tertiary alicyclic amines) is 1. The molecule has 1 amide bonds. The van der Waals surface area contributed by atoms with Crippen molar-refractivity contribution in [2.24, 2.45) is 24.3 Å². The van der Waals surface area contributed by atoms with Crippen molar-refractivity contribution in [2.75, 3.05) is 12.0 Å². The fourth-order valence-corrected chi connectivity index (χ4v) is 7.43. The molecule has 0 unspecified atom stereocenters. The Bertz CT molecular complexity index is 1720. The summed E-state index contributed by atoms with van der Waals surface area (Å²) >= 11 is 0. The fourth-order valence-electron chi connectivity index (χ4n) is 7.43. The number of nitrogens with zero attached hydrogens (tertiary/aromatic N) is 6. The molecule has 1 aliphatic heterocycles. The predicted molar refractivity (Wildman–Crippen MR) is 183 cm³/mol. The van der Waals surface area contributed by atoms with Crippen molar-refractivity contribution < 1.29 is 45.4 Å². The van der Waals surface area contributed by atoms with E-state index in [2.05, 4.69) is 15.1 Å². The first kappa shape index (κ1) is 39.8. The molecular formula is C37H46F6N6O4. The smallest absolute Gasteiger partial charge is 0.416 e. The second-order valence-electron chi connectivity index (χ2n) is 15.0. The van der Waals surface area contributed by atoms with Crippen LogP contribution in [0.15, 0.2) is 43.0 Å². The largest absolute Gasteiger partial charge is 0.469 e. The second kappa shape index (κ2) is 15.2. The van der Waals surface area contributed by atoms with Crippen LogP contribution in [-0.4, -0.2) is 68.1 Å². The lowest BCUT2D eigenvalue weighted by Gasteiger charge is -2.50. The van der Waals surface area contributed by atoms with Gasteiger partial charge in [-0.05, 0) is 81.5 Å². The molecule has 3 atom stereocenters. The summed E-state index contributed by atoms with van der Waals surface area (Å²) in [5.41, 5.74) is -2.41. The standard InChI is InChI=1S/C37H46F6N6O4/c1-8-28-14-29(15-31(21(2)3)49(28)34(51)53-30-12-25(13-30)35(4,5)32(50)52-7)48(33-44-16-23(17-45-33)24-18-46-47(6)20-24)19-22-9-26(36(38,39)40)11-27(10-22)37(41,42)43/h9-11,16-18,20-21,25,28-31H,8,12-15,19H2,1-7H3/t25?,28-,29+,30?,31-/m0/s1. The molecule has 2 fully saturated rings. The van der Waals surface area contributed by atoms with Gasteiger partial charge in [-0.1, -0.05) is 20.8 Å². The third-order valence-electron chi connectivity index (χ3n) is 10.7. The first-order valence-corrected chi connectivity index (χ1v) is 17.7. The molecule has 0 N–H and O–H groups in total. The van der Waals surface area contributed by atoms with Crippen molar-refractivity contribution in [3.05, 3.63) is 59.7 Å². The lowest BCUT2D eigenvalue weighted by molar-refractivity contribution is -0.159. The fraction of sp³-hybridized carbons (Fsp3) is 0.595. The molecular weight excluding hydrogens is 706 g/mol. The minimum Gasteiger partial charge on any atom is -0.469 e. The minimum absolute atomic E-state index is 0.0202. The average molecular weight is 753 g/mol. The van der Waals surface area contributed by atoms with Crippen LogP contribution in [0.2, 0.25) is 0 Å². The molecule has 0 spiro atoms. The molecule has 1 saturated heterocycles. The highest BCUT2D eigenvalue weighted by Crippen LogP contribution is 2.45. The lowest BCUT2D eigenvalue weighted by Crippen LogP contribution is -2.59. The molecule has 2 aromatic heterocycles. The summed E-state index contributed by atoms with van der Waals surface area (Å²) in [6, 6.07) is 0.323. The summed E-state index contributed by atoms with van der Waals surface area (Å²) < 4.78 is 95.8. The number of alkyl halides is 6. The molecule has 10 nitrogen and oxygen atoms in total. The van der Waals surface area contributed by atoms with Crippen molar-refractivity contribution in [3.63, 3.8) is 0 Å². The van der Waals surface area contributed by atoms with Crippen LogP contribution >= 0.6 is 0 Å². The Morgan fingerprint density at radius 2 is 1.53 bits per heavy atom. The van der Waals surface area contributed by atoms with E-state index in [-0.39, 0.29) is 54.1 Å². The van der Waals surface area contributed by atoms with Crippen LogP contribution in [0.5, 0.6) is 0 Å². The van der Waals surface area contributed by atoms with Gasteiger partial charge in [0.2, 0.25) is 5.95 Å². The molecule has 53 heavy (non-hydrogen) atoms. The zero-order chi connectivity index (χ0) is 39.0. The van der Waals surface area contributed by atoms with E-state index in [9.17, 15) is 35.9 Å². The number of hydrogen-bond acceptors (Lipinski definition) is 8. The van der Waals surface area contributed by atoms with Crippen molar-refractivity contribution >= 4 is 18.0 Å². The maximum Gasteiger partial charge on any atom is 0.416 e. The first-order chi connectivity index (χ1) is 24.7. The van der Waals surface area contributed by atoms with E-state index < -0.39 is 47.1 Å². The normalized spacial score (nSPS) is 22.4. The highest BCUT2D eigenvalue weighted by molar-refractivity contribution is 5.76. The summed E-state index contributed by atoms with van der Waals surface area (Å²) in [7, 11) is 3.09. The van der Waals surface area contributed by atoms with E-state index >= 15 is 0 Å². The van der Waals surface area contributed by atoms with Gasteiger partial charge in [-0.2, -0.15) is 31.4 Å². The van der Waals surface area contributed by atoms with Gasteiger partial charge in [0, 0.05) is 61.4 Å². The zero-order valence-electron chi connectivity index (χ0n) is 30.8. The van der Waals surface area contributed by atoms with E-state index in [4.69, 9.17) is 9.47 Å². The maximum absolute atomic E-state index is 13.9. The van der Waals surface area contributed by atoms with Gasteiger partial charge < -0.3 is 19.3 Å². The Labute approximate surface area is 304 Å². The van der Waals surface area contributed by atoms with Crippen LogP contribution in [0.25, 0.3) is 11.1 Å². The Balaban J connectivity index is 1.46. The molecule has 0 bridgehead atoms. The van der Waals surface area contributed by atoms with E-state index in [0.717, 1.165) is 17.7 Å². The highest BCUT2D eigenvalue weighted by atomic mass is 19.4. The molecule has 16 heteroatoms. The maximum atomic E-state index is 13.9. The summed E-state index contributed by atoms with van der Waals surface area (Å²) in [5.74, 6) is -0.322. The number of ether oxygens (including phenoxy) is 2. The van der Waals surface area contributed by atoms with E-state index in [1.807, 2.05) is 20.8 Å². The van der Waals surface area contributed by atoms with E-state index in [1.165, 1.54) is 19.5 Å². The number of rotatable bonds is 10. The van der Waals surface area contributed by atoms with Crippen molar-refractivity contribution in [1.82, 2.24) is 24.6 Å². The van der Waals surface area contributed by atoms with Gasteiger partial charge in [-0.3, -0.25) is 9.48 Å². The van der Waals surface area contributed by atoms with E-state index in [1.54, 1.807) is 47.8 Å². The Hall–Kier alpha value is -4.37. The number of esters is 1. The molecule has 1 saturated carbocycles. The molecule has 290 valence electrons. The van der Waals surface area contributed by atoms with Crippen LogP contribution in [-0.2, 0) is 40.2 Å². The summed E-state index contributed by atoms with van der Waals surface area (Å²) in [5, 5.41) is 4.16. The van der Waals surface area contributed by atoms with Crippen LogP contribution in [0.3, 0.4) is 0 Å². The number of piperidine rings is 1. The Morgan fingerprint density at radius 1 is 0.925 bits per heavy atom. The van der Waals surface area contributed by atoms with Crippen LogP contribution in [0, 0.1) is 17.3 Å². The van der Waals surface area contributed by atoms with Gasteiger partial charge in [0.15, 0.2) is 0 Å². The molecule has 3 heterocycles. The van der Waals surface area contributed by atoms with Gasteiger partial charge >= 0.3 is 24.4 Å². The van der Waals surface area contributed by atoms with Gasteiger partial charge in [0.1, 0.15) is 6.10 Å². The number of aryl methyl sites for hydroxylation is 1. The Morgan fingerprint density at radius 3 is 2.02 bits per heavy atom. The number of benzene rings is 1. The van der Waals surface area contributed by atoms with Crippen molar-refractivity contribution in [1.29, 1.82) is 0 Å². The highest BCUT2D eigenvalue weighted by Gasteiger charge is 2.49. The number of amides is 1. The zero-order valence-corrected chi connectivity index (χ0v) is 30.8. The van der Waals surface area contributed by atoms with Crippen LogP contribution in [0.4, 0.5) is 37.1 Å². The summed E-state index contributed by atoms with van der Waals surface area (Å²) in [6.45, 7) is 9.07. The average Bonchev–Trinajstić information content (AvgIpc) is 3.52. The third-order valence-corrected chi connectivity index (χ3v) is 10.7. The quantitative estimate of drug-likeness (QED) is 0.151. The molecule has 0 radical (unpaired) electrons. The number of methoxy groups -OCH3 is 1. The van der Waals surface area contributed by atoms with Gasteiger partial charge in [0.05, 0.1) is 29.8 Å². The molecule has 2 aliphatic rings. The number of carbonyl (C=O) groups excluding carboxylic acids is 2. The molecule has 1 aromatic carbocycles. The first-order valence-electron chi connectivity index (χ1n) is 17.7. The second-order valence-corrected chi connectivity index (χ2v) is 15.0. The number of carbonyl (C=O) groups is 2. The molecule has 5 rings (SSSR count). The minimum atomic E-state index is -5.01. The molecule has 1 aliphatic carbocycles. The Kier molecular flexibility index (Phi) is 11.4. The number of anilines is 1. The monoisotopic (exact) mass is 752 g/mol. The number of aromatic nitrogens is 4. The topological polar surface area (TPSA) is 103 Å². The summed E-state index contributed by atoms with van der Waals surface area (Å²) in [6.07, 6.45) is -2.28. The third kappa shape index (κ3) is 8.72. The van der Waals surface area contributed by atoms with Crippen LogP contribution < -0.4 is 4.90 Å². The lowest BCUT2D eigenvalue weighted by atomic mass is 9.66.